The van der Waals surface area contributed by atoms with Crippen LogP contribution in [0.1, 0.15) is 32.0 Å². The molecule has 1 saturated heterocycles. The van der Waals surface area contributed by atoms with E-state index in [2.05, 4.69) is 26.7 Å². The zero-order valence-electron chi connectivity index (χ0n) is 16.6. The molecule has 1 fully saturated rings. The van der Waals surface area contributed by atoms with Crippen molar-refractivity contribution in [1.82, 2.24) is 14.9 Å². The van der Waals surface area contributed by atoms with Gasteiger partial charge in [0.05, 0.1) is 17.5 Å². The van der Waals surface area contributed by atoms with E-state index in [1.165, 1.54) is 18.5 Å². The zero-order valence-corrected chi connectivity index (χ0v) is 16.6. The van der Waals surface area contributed by atoms with Crippen LogP contribution in [0, 0.1) is 11.2 Å². The molecule has 0 spiro atoms. The molecule has 2 heterocycles. The molecular weight excluding hydrogens is 359 g/mol. The van der Waals surface area contributed by atoms with Gasteiger partial charge in [0.2, 0.25) is 0 Å². The second-order valence-electron chi connectivity index (χ2n) is 7.09. The van der Waals surface area contributed by atoms with Gasteiger partial charge in [0.15, 0.2) is 11.6 Å². The summed E-state index contributed by atoms with van der Waals surface area (Å²) in [5, 5.41) is 8.56. The van der Waals surface area contributed by atoms with Gasteiger partial charge in [0, 0.05) is 49.6 Å². The predicted molar refractivity (Wildman–Crippen MR) is 109 cm³/mol. The van der Waals surface area contributed by atoms with Crippen LogP contribution >= 0.6 is 0 Å². The molecule has 3 N–H and O–H groups in total. The van der Waals surface area contributed by atoms with Crippen LogP contribution in [-0.2, 0) is 0 Å². The summed E-state index contributed by atoms with van der Waals surface area (Å²) < 4.78 is 19.6. The van der Waals surface area contributed by atoms with Gasteiger partial charge < -0.3 is 20.3 Å². The smallest absolute Gasteiger partial charge is 0.167 e. The minimum atomic E-state index is -0.542. The lowest BCUT2D eigenvalue weighted by Gasteiger charge is -2.34. The van der Waals surface area contributed by atoms with Crippen LogP contribution in [0.15, 0.2) is 24.5 Å². The molecule has 0 amide bonds. The number of hydrogen-bond donors (Lipinski definition) is 2. The fourth-order valence-electron chi connectivity index (χ4n) is 3.22. The summed E-state index contributed by atoms with van der Waals surface area (Å²) >= 11 is 0. The van der Waals surface area contributed by atoms with Crippen LogP contribution in [0.2, 0.25) is 0 Å². The molecule has 0 atom stereocenters. The lowest BCUT2D eigenvalue weighted by Crippen LogP contribution is -2.46. The molecule has 0 unspecified atom stereocenters. The van der Waals surface area contributed by atoms with Crippen molar-refractivity contribution in [2.45, 2.75) is 26.9 Å². The third-order valence-corrected chi connectivity index (χ3v) is 4.79. The second-order valence-corrected chi connectivity index (χ2v) is 7.09. The second kappa shape index (κ2) is 8.52. The number of nitrogens with zero attached hydrogens (tertiary/aromatic N) is 4. The number of likely N-dealkylation sites (N-methyl/N-ethyl adjacent to an activating group) is 1. The van der Waals surface area contributed by atoms with Gasteiger partial charge in [-0.1, -0.05) is 6.92 Å². The molecule has 0 bridgehead atoms. The highest BCUT2D eigenvalue weighted by Gasteiger charge is 2.20. The number of aromatic nitrogens is 2. The average molecular weight is 386 g/mol. The Kier molecular flexibility index (Phi) is 6.08. The molecule has 0 saturated carbocycles. The standard InChI is InChI=1S/C20H27FN6O/c1-4-26-5-7-27(8-6-26)19-11-17(24-12-25-19)20(23)14-9-18(28-13(2)3)15(21)10-16(14)22/h9-13,23H,4-8,22H2,1-3H3. The van der Waals surface area contributed by atoms with Crippen LogP contribution in [0.4, 0.5) is 15.9 Å². The lowest BCUT2D eigenvalue weighted by molar-refractivity contribution is 0.231. The highest BCUT2D eigenvalue weighted by atomic mass is 19.1. The number of nitrogen functional groups attached to an aromatic ring is 1. The molecule has 3 rings (SSSR count). The Balaban J connectivity index is 1.85. The van der Waals surface area contributed by atoms with E-state index in [-0.39, 0.29) is 23.3 Å². The minimum absolute atomic E-state index is 0.0777. The van der Waals surface area contributed by atoms with Crippen molar-refractivity contribution in [2.24, 2.45) is 0 Å². The Hall–Kier alpha value is -2.74. The Morgan fingerprint density at radius 2 is 1.93 bits per heavy atom. The van der Waals surface area contributed by atoms with E-state index < -0.39 is 5.82 Å². The van der Waals surface area contributed by atoms with Crippen molar-refractivity contribution in [1.29, 1.82) is 5.41 Å². The number of anilines is 2. The summed E-state index contributed by atoms with van der Waals surface area (Å²) in [6, 6.07) is 4.44. The molecule has 1 aromatic carbocycles. The van der Waals surface area contributed by atoms with Gasteiger partial charge in [0.1, 0.15) is 12.1 Å². The van der Waals surface area contributed by atoms with Gasteiger partial charge in [-0.05, 0) is 26.5 Å². The van der Waals surface area contributed by atoms with Crippen molar-refractivity contribution < 1.29 is 9.13 Å². The molecule has 2 aromatic rings. The number of nitrogens with one attached hydrogen (secondary N) is 1. The van der Waals surface area contributed by atoms with Crippen molar-refractivity contribution in [3.63, 3.8) is 0 Å². The van der Waals surface area contributed by atoms with E-state index in [4.69, 9.17) is 15.9 Å². The van der Waals surface area contributed by atoms with Crippen LogP contribution in [0.3, 0.4) is 0 Å². The first-order valence-electron chi connectivity index (χ1n) is 9.53. The summed E-state index contributed by atoms with van der Waals surface area (Å²) in [5.41, 5.74) is 7.09. The summed E-state index contributed by atoms with van der Waals surface area (Å²) in [4.78, 5) is 13.2. The largest absolute Gasteiger partial charge is 0.488 e. The van der Waals surface area contributed by atoms with E-state index in [0.29, 0.717) is 11.3 Å². The summed E-state index contributed by atoms with van der Waals surface area (Å²) in [5.74, 6) is 0.318. The first-order valence-corrected chi connectivity index (χ1v) is 9.53. The molecule has 7 nitrogen and oxygen atoms in total. The molecule has 8 heteroatoms. The van der Waals surface area contributed by atoms with Gasteiger partial charge in [0.25, 0.3) is 0 Å². The molecule has 1 aliphatic rings. The Morgan fingerprint density at radius 3 is 2.57 bits per heavy atom. The third kappa shape index (κ3) is 4.39. The third-order valence-electron chi connectivity index (χ3n) is 4.79. The van der Waals surface area contributed by atoms with Crippen molar-refractivity contribution in [3.8, 4) is 5.75 Å². The molecule has 0 aliphatic carbocycles. The fourth-order valence-corrected chi connectivity index (χ4v) is 3.22. The van der Waals surface area contributed by atoms with Gasteiger partial charge in [-0.15, -0.1) is 0 Å². The quantitative estimate of drug-likeness (QED) is 0.586. The maximum absolute atomic E-state index is 14.1. The normalized spacial score (nSPS) is 15.1. The number of halogens is 1. The number of ether oxygens (including phenoxy) is 1. The fraction of sp³-hybridized carbons (Fsp3) is 0.450. The van der Waals surface area contributed by atoms with Crippen molar-refractivity contribution >= 4 is 17.2 Å². The molecule has 28 heavy (non-hydrogen) atoms. The van der Waals surface area contributed by atoms with Gasteiger partial charge in [-0.2, -0.15) is 0 Å². The first-order chi connectivity index (χ1) is 13.4. The van der Waals surface area contributed by atoms with Crippen molar-refractivity contribution in [2.75, 3.05) is 43.4 Å². The summed E-state index contributed by atoms with van der Waals surface area (Å²) in [6.45, 7) is 10.5. The maximum atomic E-state index is 14.1. The van der Waals surface area contributed by atoms with Crippen LogP contribution in [-0.4, -0.2) is 59.4 Å². The zero-order chi connectivity index (χ0) is 20.3. The van der Waals surface area contributed by atoms with Crippen LogP contribution in [0.25, 0.3) is 0 Å². The van der Waals surface area contributed by atoms with Crippen LogP contribution < -0.4 is 15.4 Å². The minimum Gasteiger partial charge on any atom is -0.488 e. The molecule has 1 aliphatic heterocycles. The van der Waals surface area contributed by atoms with E-state index in [1.54, 1.807) is 6.07 Å². The number of nitrogens with two attached hydrogens (primary N) is 1. The number of benzene rings is 1. The van der Waals surface area contributed by atoms with Gasteiger partial charge in [-0.25, -0.2) is 14.4 Å². The topological polar surface area (TPSA) is 91.4 Å². The highest BCUT2D eigenvalue weighted by Crippen LogP contribution is 2.27. The first kappa shape index (κ1) is 20.0. The number of piperazine rings is 1. The molecule has 1 aromatic heterocycles. The number of hydrogen-bond acceptors (Lipinski definition) is 7. The lowest BCUT2D eigenvalue weighted by atomic mass is 10.0. The SMILES string of the molecule is CCN1CCN(c2cc(C(=N)c3cc(OC(C)C)c(F)cc3N)ncn2)CC1. The maximum Gasteiger partial charge on any atom is 0.167 e. The van der Waals surface area contributed by atoms with Crippen molar-refractivity contribution in [3.05, 3.63) is 41.6 Å². The summed E-state index contributed by atoms with van der Waals surface area (Å²) in [7, 11) is 0. The predicted octanol–water partition coefficient (Wildman–Crippen LogP) is 2.54. The summed E-state index contributed by atoms with van der Waals surface area (Å²) in [6.07, 6.45) is 1.27. The van der Waals surface area contributed by atoms with E-state index in [0.717, 1.165) is 38.5 Å². The number of rotatable bonds is 6. The van der Waals surface area contributed by atoms with Gasteiger partial charge in [-0.3, -0.25) is 5.41 Å². The Morgan fingerprint density at radius 1 is 1.21 bits per heavy atom. The Labute approximate surface area is 164 Å². The van der Waals surface area contributed by atoms with E-state index in [9.17, 15) is 4.39 Å². The molecular formula is C20H27FN6O. The Bertz CT molecular complexity index is 849. The molecule has 0 radical (unpaired) electrons. The highest BCUT2D eigenvalue weighted by molar-refractivity contribution is 6.13. The van der Waals surface area contributed by atoms with E-state index in [1.807, 2.05) is 13.8 Å². The monoisotopic (exact) mass is 386 g/mol. The van der Waals surface area contributed by atoms with E-state index >= 15 is 0 Å². The average Bonchev–Trinajstić information content (AvgIpc) is 2.69. The van der Waals surface area contributed by atoms with Crippen LogP contribution in [0.5, 0.6) is 5.75 Å². The van der Waals surface area contributed by atoms with Gasteiger partial charge >= 0.3 is 0 Å². The molecule has 150 valence electrons.